The zero-order valence-corrected chi connectivity index (χ0v) is 10.5. The highest BCUT2D eigenvalue weighted by atomic mass is 32.2. The number of hydrogen-bond donors (Lipinski definition) is 2. The van der Waals surface area contributed by atoms with Gasteiger partial charge in [-0.05, 0) is 13.0 Å². The zero-order chi connectivity index (χ0) is 11.7. The SMILES string of the molecule is CCCCCS(=O)(=O)CC(O)CNCC. The summed E-state index contributed by atoms with van der Waals surface area (Å²) in [5.41, 5.74) is 0. The van der Waals surface area contributed by atoms with Crippen LogP contribution in [-0.2, 0) is 9.84 Å². The van der Waals surface area contributed by atoms with Gasteiger partial charge < -0.3 is 10.4 Å². The molecule has 0 spiro atoms. The standard InChI is InChI=1S/C10H23NO3S/c1-3-5-6-7-15(13,14)9-10(12)8-11-4-2/h10-12H,3-9H2,1-2H3. The van der Waals surface area contributed by atoms with Crippen LogP contribution >= 0.6 is 0 Å². The number of rotatable bonds is 9. The van der Waals surface area contributed by atoms with Gasteiger partial charge in [-0.2, -0.15) is 0 Å². The van der Waals surface area contributed by atoms with E-state index in [9.17, 15) is 13.5 Å². The minimum Gasteiger partial charge on any atom is -0.391 e. The van der Waals surface area contributed by atoms with E-state index in [1.54, 1.807) is 0 Å². The van der Waals surface area contributed by atoms with Gasteiger partial charge in [-0.25, -0.2) is 8.42 Å². The van der Waals surface area contributed by atoms with Gasteiger partial charge in [0, 0.05) is 6.54 Å². The lowest BCUT2D eigenvalue weighted by Gasteiger charge is -2.11. The van der Waals surface area contributed by atoms with Crippen molar-refractivity contribution in [1.82, 2.24) is 5.32 Å². The molecular weight excluding hydrogens is 214 g/mol. The van der Waals surface area contributed by atoms with E-state index in [0.717, 1.165) is 19.4 Å². The second-order valence-electron chi connectivity index (χ2n) is 3.78. The minimum absolute atomic E-state index is 0.121. The van der Waals surface area contributed by atoms with E-state index in [1.807, 2.05) is 13.8 Å². The summed E-state index contributed by atoms with van der Waals surface area (Å²) in [6, 6.07) is 0. The average molecular weight is 237 g/mol. The molecule has 0 aliphatic rings. The largest absolute Gasteiger partial charge is 0.391 e. The number of nitrogens with one attached hydrogen (secondary N) is 1. The van der Waals surface area contributed by atoms with Gasteiger partial charge in [-0.3, -0.25) is 0 Å². The minimum atomic E-state index is -3.07. The summed E-state index contributed by atoms with van der Waals surface area (Å²) in [6.07, 6.45) is 1.86. The molecule has 15 heavy (non-hydrogen) atoms. The highest BCUT2D eigenvalue weighted by molar-refractivity contribution is 7.91. The average Bonchev–Trinajstić information content (AvgIpc) is 2.14. The third-order valence-corrected chi connectivity index (χ3v) is 3.94. The fourth-order valence-electron chi connectivity index (χ4n) is 1.32. The molecule has 0 saturated heterocycles. The predicted molar refractivity (Wildman–Crippen MR) is 62.7 cm³/mol. The normalized spacial score (nSPS) is 14.1. The molecule has 0 saturated carbocycles. The van der Waals surface area contributed by atoms with E-state index in [-0.39, 0.29) is 11.5 Å². The van der Waals surface area contributed by atoms with Crippen molar-refractivity contribution < 1.29 is 13.5 Å². The summed E-state index contributed by atoms with van der Waals surface area (Å²) in [6.45, 7) is 5.05. The van der Waals surface area contributed by atoms with E-state index in [1.165, 1.54) is 0 Å². The summed E-state index contributed by atoms with van der Waals surface area (Å²) in [4.78, 5) is 0. The number of sulfone groups is 1. The Bertz CT molecular complexity index is 239. The lowest BCUT2D eigenvalue weighted by Crippen LogP contribution is -2.33. The Morgan fingerprint density at radius 3 is 2.47 bits per heavy atom. The van der Waals surface area contributed by atoms with Gasteiger partial charge >= 0.3 is 0 Å². The molecule has 0 rings (SSSR count). The highest BCUT2D eigenvalue weighted by Crippen LogP contribution is 2.01. The van der Waals surface area contributed by atoms with Crippen LogP contribution in [0.15, 0.2) is 0 Å². The Morgan fingerprint density at radius 2 is 1.93 bits per heavy atom. The molecule has 0 aromatic carbocycles. The molecule has 0 heterocycles. The summed E-state index contributed by atoms with van der Waals surface area (Å²) in [5, 5.41) is 12.4. The number of aliphatic hydroxyl groups is 1. The molecule has 0 aliphatic carbocycles. The van der Waals surface area contributed by atoms with Crippen LogP contribution in [0.4, 0.5) is 0 Å². The molecule has 5 heteroatoms. The number of unbranched alkanes of at least 4 members (excludes halogenated alkanes) is 2. The Labute approximate surface area is 93.0 Å². The third kappa shape index (κ3) is 8.84. The maximum Gasteiger partial charge on any atom is 0.152 e. The van der Waals surface area contributed by atoms with E-state index >= 15 is 0 Å². The van der Waals surface area contributed by atoms with Crippen molar-refractivity contribution in [1.29, 1.82) is 0 Å². The molecule has 0 aliphatic heterocycles. The Hall–Kier alpha value is -0.130. The molecular formula is C10H23NO3S. The van der Waals surface area contributed by atoms with Crippen molar-refractivity contribution in [2.24, 2.45) is 0 Å². The topological polar surface area (TPSA) is 66.4 Å². The van der Waals surface area contributed by atoms with Crippen LogP contribution in [0.3, 0.4) is 0 Å². The van der Waals surface area contributed by atoms with E-state index < -0.39 is 15.9 Å². The van der Waals surface area contributed by atoms with E-state index in [4.69, 9.17) is 0 Å². The van der Waals surface area contributed by atoms with Gasteiger partial charge in [0.15, 0.2) is 9.84 Å². The van der Waals surface area contributed by atoms with Gasteiger partial charge in [-0.15, -0.1) is 0 Å². The van der Waals surface area contributed by atoms with Gasteiger partial charge in [0.2, 0.25) is 0 Å². The summed E-state index contributed by atoms with van der Waals surface area (Å²) in [5.74, 6) is 0.0771. The van der Waals surface area contributed by atoms with Gasteiger partial charge in [-0.1, -0.05) is 26.7 Å². The molecule has 0 radical (unpaired) electrons. The third-order valence-electron chi connectivity index (χ3n) is 2.14. The molecule has 2 N–H and O–H groups in total. The molecule has 92 valence electrons. The first-order valence-corrected chi connectivity index (χ1v) is 7.43. The Kier molecular flexibility index (Phi) is 8.00. The molecule has 1 atom stereocenters. The second-order valence-corrected chi connectivity index (χ2v) is 6.01. The highest BCUT2D eigenvalue weighted by Gasteiger charge is 2.16. The van der Waals surface area contributed by atoms with Crippen molar-refractivity contribution in [3.8, 4) is 0 Å². The van der Waals surface area contributed by atoms with Crippen LogP contribution in [0.2, 0.25) is 0 Å². The predicted octanol–water partition coefficient (Wildman–Crippen LogP) is 0.562. The lowest BCUT2D eigenvalue weighted by molar-refractivity contribution is 0.194. The molecule has 0 amide bonds. The van der Waals surface area contributed by atoms with E-state index in [0.29, 0.717) is 13.0 Å². The number of hydrogen-bond acceptors (Lipinski definition) is 4. The zero-order valence-electron chi connectivity index (χ0n) is 9.70. The molecule has 4 nitrogen and oxygen atoms in total. The second kappa shape index (κ2) is 8.07. The first-order chi connectivity index (χ1) is 7.02. The molecule has 0 bridgehead atoms. The van der Waals surface area contributed by atoms with Crippen LogP contribution in [0.5, 0.6) is 0 Å². The summed E-state index contributed by atoms with van der Waals surface area (Å²) >= 11 is 0. The Morgan fingerprint density at radius 1 is 1.27 bits per heavy atom. The Balaban J connectivity index is 3.81. The number of likely N-dealkylation sites (N-methyl/N-ethyl adjacent to an activating group) is 1. The van der Waals surface area contributed by atoms with Crippen molar-refractivity contribution >= 4 is 9.84 Å². The van der Waals surface area contributed by atoms with Crippen LogP contribution in [0.1, 0.15) is 33.1 Å². The van der Waals surface area contributed by atoms with Gasteiger partial charge in [0.25, 0.3) is 0 Å². The maximum atomic E-state index is 11.5. The monoisotopic (exact) mass is 237 g/mol. The molecule has 1 unspecified atom stereocenters. The summed E-state index contributed by atoms with van der Waals surface area (Å²) < 4.78 is 23.0. The van der Waals surface area contributed by atoms with Crippen LogP contribution < -0.4 is 5.32 Å². The first kappa shape index (κ1) is 14.9. The fraction of sp³-hybridized carbons (Fsp3) is 1.00. The van der Waals surface area contributed by atoms with Crippen molar-refractivity contribution in [2.45, 2.75) is 39.2 Å². The van der Waals surface area contributed by atoms with Crippen molar-refractivity contribution in [3.63, 3.8) is 0 Å². The molecule has 0 aromatic rings. The first-order valence-electron chi connectivity index (χ1n) is 5.61. The number of aliphatic hydroxyl groups excluding tert-OH is 1. The molecule has 0 aromatic heterocycles. The van der Waals surface area contributed by atoms with Crippen LogP contribution in [0, 0.1) is 0 Å². The van der Waals surface area contributed by atoms with E-state index in [2.05, 4.69) is 5.32 Å². The van der Waals surface area contributed by atoms with Gasteiger partial charge in [0.1, 0.15) is 0 Å². The van der Waals surface area contributed by atoms with Crippen molar-refractivity contribution in [2.75, 3.05) is 24.6 Å². The van der Waals surface area contributed by atoms with Gasteiger partial charge in [0.05, 0.1) is 17.6 Å². The smallest absolute Gasteiger partial charge is 0.152 e. The lowest BCUT2D eigenvalue weighted by atomic mass is 10.3. The molecule has 0 fully saturated rings. The van der Waals surface area contributed by atoms with Crippen molar-refractivity contribution in [3.05, 3.63) is 0 Å². The van der Waals surface area contributed by atoms with Crippen LogP contribution in [0.25, 0.3) is 0 Å². The quantitative estimate of drug-likeness (QED) is 0.575. The summed E-state index contributed by atoms with van der Waals surface area (Å²) in [7, 11) is -3.07. The van der Waals surface area contributed by atoms with Crippen LogP contribution in [-0.4, -0.2) is 44.2 Å². The maximum absolute atomic E-state index is 11.5. The fourth-order valence-corrected chi connectivity index (χ4v) is 2.83.